The van der Waals surface area contributed by atoms with Crippen LogP contribution in [0.1, 0.15) is 42.6 Å². The standard InChI is InChI=1S/C31H28F3N3O5/c1-6-39-25-13-21(31(38)41-8-3)28(34)29(40-7-2)27(25)22-15-37(24-10-9-19(32)12-23(24)33)30-20(22)11-18(14-35-30)26-16(4)36-42-17(26)5/h9-15H,6-8H2,1-5H3. The minimum Gasteiger partial charge on any atom is -0.493 e. The Morgan fingerprint density at radius 1 is 0.976 bits per heavy atom. The summed E-state index contributed by atoms with van der Waals surface area (Å²) in [7, 11) is 0. The Kier molecular flexibility index (Phi) is 7.93. The molecule has 0 N–H and O–H groups in total. The second kappa shape index (κ2) is 11.6. The maximum absolute atomic E-state index is 16.0. The zero-order chi connectivity index (χ0) is 30.1. The molecule has 3 heterocycles. The molecule has 0 bridgehead atoms. The maximum Gasteiger partial charge on any atom is 0.341 e. The van der Waals surface area contributed by atoms with Gasteiger partial charge >= 0.3 is 5.97 Å². The van der Waals surface area contributed by atoms with Crippen molar-refractivity contribution in [2.24, 2.45) is 0 Å². The fourth-order valence-corrected chi connectivity index (χ4v) is 4.97. The van der Waals surface area contributed by atoms with Crippen LogP contribution in [0.3, 0.4) is 0 Å². The van der Waals surface area contributed by atoms with Gasteiger partial charge in [-0.05, 0) is 58.9 Å². The number of rotatable bonds is 9. The summed E-state index contributed by atoms with van der Waals surface area (Å²) in [5.41, 5.74) is 2.52. The molecule has 5 aromatic rings. The van der Waals surface area contributed by atoms with Crippen molar-refractivity contribution >= 4 is 17.0 Å². The SMILES string of the molecule is CCOC(=O)c1cc(OCC)c(-c2cn(-c3ccc(F)cc3F)c3ncc(-c4c(C)noc4C)cc23)c(OCC)c1F. The number of aryl methyl sites for hydroxylation is 2. The van der Waals surface area contributed by atoms with Crippen LogP contribution in [0, 0.1) is 31.3 Å². The van der Waals surface area contributed by atoms with Gasteiger partial charge in [-0.2, -0.15) is 0 Å². The molecule has 5 rings (SSSR count). The summed E-state index contributed by atoms with van der Waals surface area (Å²) in [4.78, 5) is 17.3. The van der Waals surface area contributed by atoms with E-state index in [2.05, 4.69) is 10.1 Å². The second-order valence-corrected chi connectivity index (χ2v) is 9.33. The molecule has 0 aliphatic carbocycles. The van der Waals surface area contributed by atoms with Gasteiger partial charge in [0.05, 0.1) is 36.8 Å². The third kappa shape index (κ3) is 4.95. The molecule has 218 valence electrons. The van der Waals surface area contributed by atoms with Crippen molar-refractivity contribution in [3.05, 3.63) is 77.2 Å². The van der Waals surface area contributed by atoms with Gasteiger partial charge in [0, 0.05) is 40.5 Å². The predicted molar refractivity (Wildman–Crippen MR) is 150 cm³/mol. The molecule has 0 radical (unpaired) electrons. The molecule has 0 amide bonds. The summed E-state index contributed by atoms with van der Waals surface area (Å²) in [6, 6.07) is 6.25. The summed E-state index contributed by atoms with van der Waals surface area (Å²) in [6.45, 7) is 8.88. The van der Waals surface area contributed by atoms with Gasteiger partial charge < -0.3 is 18.7 Å². The van der Waals surface area contributed by atoms with Gasteiger partial charge in [-0.25, -0.2) is 22.9 Å². The number of nitrogens with zero attached hydrogens (tertiary/aromatic N) is 3. The number of carbonyl (C=O) groups is 1. The molecule has 0 saturated heterocycles. The first-order chi connectivity index (χ1) is 20.2. The van der Waals surface area contributed by atoms with Crippen LogP contribution >= 0.6 is 0 Å². The van der Waals surface area contributed by atoms with Gasteiger partial charge in [-0.3, -0.25) is 4.57 Å². The molecule has 42 heavy (non-hydrogen) atoms. The molecule has 11 heteroatoms. The lowest BCUT2D eigenvalue weighted by Gasteiger charge is -2.18. The van der Waals surface area contributed by atoms with Crippen LogP contribution in [0.25, 0.3) is 39.0 Å². The van der Waals surface area contributed by atoms with Crippen molar-refractivity contribution in [2.45, 2.75) is 34.6 Å². The molecular weight excluding hydrogens is 551 g/mol. The Morgan fingerprint density at radius 3 is 2.38 bits per heavy atom. The van der Waals surface area contributed by atoms with Crippen molar-refractivity contribution in [1.82, 2.24) is 14.7 Å². The first-order valence-electron chi connectivity index (χ1n) is 13.4. The number of hydrogen-bond acceptors (Lipinski definition) is 7. The van der Waals surface area contributed by atoms with Gasteiger partial charge in [0.25, 0.3) is 0 Å². The van der Waals surface area contributed by atoms with Crippen LogP contribution in [-0.2, 0) is 4.74 Å². The zero-order valence-corrected chi connectivity index (χ0v) is 23.7. The summed E-state index contributed by atoms with van der Waals surface area (Å²) in [5, 5.41) is 4.50. The van der Waals surface area contributed by atoms with Gasteiger partial charge in [0.2, 0.25) is 0 Å². The smallest absolute Gasteiger partial charge is 0.341 e. The second-order valence-electron chi connectivity index (χ2n) is 9.33. The molecule has 0 aliphatic rings. The topological polar surface area (TPSA) is 88.6 Å². The van der Waals surface area contributed by atoms with Crippen molar-refractivity contribution in [3.8, 4) is 39.4 Å². The van der Waals surface area contributed by atoms with E-state index in [-0.39, 0.29) is 48.1 Å². The minimum absolute atomic E-state index is 0.0183. The van der Waals surface area contributed by atoms with E-state index in [0.717, 1.165) is 17.7 Å². The molecule has 0 fully saturated rings. The molecule has 2 aromatic carbocycles. The third-order valence-corrected chi connectivity index (χ3v) is 6.67. The van der Waals surface area contributed by atoms with E-state index in [1.807, 2.05) is 0 Å². The Morgan fingerprint density at radius 2 is 1.74 bits per heavy atom. The summed E-state index contributed by atoms with van der Waals surface area (Å²) in [6.07, 6.45) is 3.14. The predicted octanol–water partition coefficient (Wildman–Crippen LogP) is 7.36. The number of aromatic nitrogens is 3. The van der Waals surface area contributed by atoms with E-state index in [4.69, 9.17) is 18.7 Å². The summed E-state index contributed by atoms with van der Waals surface area (Å²) < 4.78 is 68.5. The molecule has 0 unspecified atom stereocenters. The van der Waals surface area contributed by atoms with Gasteiger partial charge in [-0.15, -0.1) is 0 Å². The average Bonchev–Trinajstić information content (AvgIpc) is 3.49. The first kappa shape index (κ1) is 28.7. The van der Waals surface area contributed by atoms with Crippen LogP contribution < -0.4 is 9.47 Å². The van der Waals surface area contributed by atoms with E-state index in [0.29, 0.717) is 33.6 Å². The largest absolute Gasteiger partial charge is 0.493 e. The monoisotopic (exact) mass is 579 g/mol. The number of benzene rings is 2. The third-order valence-electron chi connectivity index (χ3n) is 6.67. The summed E-state index contributed by atoms with van der Waals surface area (Å²) in [5.74, 6) is -2.91. The van der Waals surface area contributed by atoms with Crippen LogP contribution in [0.2, 0.25) is 0 Å². The average molecular weight is 580 g/mol. The number of halogens is 3. The van der Waals surface area contributed by atoms with Gasteiger partial charge in [0.15, 0.2) is 11.6 Å². The van der Waals surface area contributed by atoms with E-state index in [9.17, 15) is 9.18 Å². The van der Waals surface area contributed by atoms with Crippen molar-refractivity contribution in [2.75, 3.05) is 19.8 Å². The molecule has 8 nitrogen and oxygen atoms in total. The lowest BCUT2D eigenvalue weighted by Crippen LogP contribution is -2.11. The highest BCUT2D eigenvalue weighted by Crippen LogP contribution is 2.46. The van der Waals surface area contributed by atoms with E-state index in [1.54, 1.807) is 53.1 Å². The molecule has 3 aromatic heterocycles. The minimum atomic E-state index is -0.933. The number of hydrogen-bond donors (Lipinski definition) is 0. The molecule has 0 aliphatic heterocycles. The van der Waals surface area contributed by atoms with Gasteiger partial charge in [-0.1, -0.05) is 5.16 Å². The highest BCUT2D eigenvalue weighted by Gasteiger charge is 2.29. The Hall–Kier alpha value is -4.80. The number of pyridine rings is 1. The van der Waals surface area contributed by atoms with Crippen molar-refractivity contribution in [3.63, 3.8) is 0 Å². The molecule has 0 atom stereocenters. The van der Waals surface area contributed by atoms with Crippen molar-refractivity contribution < 1.29 is 36.7 Å². The molecule has 0 spiro atoms. The lowest BCUT2D eigenvalue weighted by atomic mass is 9.98. The molecule has 0 saturated carbocycles. The number of esters is 1. The number of carbonyl (C=O) groups excluding carboxylic acids is 1. The number of ether oxygens (including phenoxy) is 3. The van der Waals surface area contributed by atoms with Crippen LogP contribution in [-0.4, -0.2) is 40.5 Å². The molecular formula is C31H28F3N3O5. The highest BCUT2D eigenvalue weighted by molar-refractivity contribution is 6.02. The Bertz CT molecular complexity index is 1790. The summed E-state index contributed by atoms with van der Waals surface area (Å²) >= 11 is 0. The fourth-order valence-electron chi connectivity index (χ4n) is 4.97. The Labute approximate surface area is 239 Å². The quantitative estimate of drug-likeness (QED) is 0.169. The van der Waals surface area contributed by atoms with Crippen LogP contribution in [0.5, 0.6) is 11.5 Å². The normalized spacial score (nSPS) is 11.2. The van der Waals surface area contributed by atoms with E-state index in [1.165, 1.54) is 16.7 Å². The first-order valence-corrected chi connectivity index (χ1v) is 13.4. The lowest BCUT2D eigenvalue weighted by molar-refractivity contribution is 0.0519. The number of fused-ring (bicyclic) bond motifs is 1. The van der Waals surface area contributed by atoms with Crippen LogP contribution in [0.15, 0.2) is 47.2 Å². The van der Waals surface area contributed by atoms with E-state index >= 15 is 8.78 Å². The Balaban J connectivity index is 1.89. The maximum atomic E-state index is 16.0. The zero-order valence-electron chi connectivity index (χ0n) is 23.7. The highest BCUT2D eigenvalue weighted by atomic mass is 19.1. The van der Waals surface area contributed by atoms with E-state index < -0.39 is 23.4 Å². The van der Waals surface area contributed by atoms with Crippen LogP contribution in [0.4, 0.5) is 13.2 Å². The fraction of sp³-hybridized carbons (Fsp3) is 0.258. The van der Waals surface area contributed by atoms with Gasteiger partial charge in [0.1, 0.15) is 34.4 Å². The van der Waals surface area contributed by atoms with Crippen molar-refractivity contribution in [1.29, 1.82) is 0 Å².